The zero-order valence-corrected chi connectivity index (χ0v) is 18.8. The summed E-state index contributed by atoms with van der Waals surface area (Å²) in [6.45, 7) is 2.07. The molecule has 1 unspecified atom stereocenters. The molecule has 0 spiro atoms. The Kier molecular flexibility index (Phi) is 6.75. The van der Waals surface area contributed by atoms with E-state index in [1.807, 2.05) is 54.6 Å². The van der Waals surface area contributed by atoms with Gasteiger partial charge in [-0.15, -0.1) is 0 Å². The number of ether oxygens (including phenoxy) is 1. The topological polar surface area (TPSA) is 50.1 Å². The lowest BCUT2D eigenvalue weighted by atomic mass is 9.92. The van der Waals surface area contributed by atoms with Gasteiger partial charge in [-0.25, -0.2) is 4.79 Å². The predicted octanol–water partition coefficient (Wildman–Crippen LogP) is 6.74. The van der Waals surface area contributed by atoms with Crippen LogP contribution in [0.4, 0.5) is 0 Å². The Morgan fingerprint density at radius 2 is 1.38 bits per heavy atom. The smallest absolute Gasteiger partial charge is 0.378 e. The van der Waals surface area contributed by atoms with E-state index in [0.29, 0.717) is 5.29 Å². The molecule has 3 aromatic carbocycles. The third kappa shape index (κ3) is 4.33. The molecule has 0 aliphatic carbocycles. The number of esters is 1. The normalized spacial score (nSPS) is 14.6. The Balaban J connectivity index is 2.09. The maximum absolute atomic E-state index is 12.9. The number of nitriles is 1. The van der Waals surface area contributed by atoms with Crippen LogP contribution in [0.15, 0.2) is 96.8 Å². The largest absolute Gasteiger partial charge is 0.460 e. The van der Waals surface area contributed by atoms with Crippen LogP contribution in [0.1, 0.15) is 30.0 Å². The molecule has 1 aliphatic heterocycles. The second-order valence-electron chi connectivity index (χ2n) is 7.24. The summed E-state index contributed by atoms with van der Waals surface area (Å²) in [5, 5.41) is 11.1. The first-order valence-electron chi connectivity index (χ1n) is 10.6. The van der Waals surface area contributed by atoms with E-state index in [4.69, 9.17) is 4.74 Å². The van der Waals surface area contributed by atoms with Gasteiger partial charge in [0, 0.05) is 16.7 Å². The average Bonchev–Trinajstić information content (AvgIpc) is 3.24. The Morgan fingerprint density at radius 1 is 0.844 bits per heavy atom. The van der Waals surface area contributed by atoms with E-state index in [-0.39, 0.29) is 19.0 Å². The molecule has 4 heteroatoms. The molecule has 0 saturated heterocycles. The first-order chi connectivity index (χ1) is 15.7. The maximum Gasteiger partial charge on any atom is 0.378 e. The zero-order valence-electron chi connectivity index (χ0n) is 17.9. The number of hydrogen-bond donors (Lipinski definition) is 0. The zero-order chi connectivity index (χ0) is 22.3. The minimum atomic E-state index is -1.19. The van der Waals surface area contributed by atoms with Gasteiger partial charge in [-0.2, -0.15) is 5.26 Å². The summed E-state index contributed by atoms with van der Waals surface area (Å²) in [5.41, 5.74) is 5.42. The molecule has 3 aromatic rings. The van der Waals surface area contributed by atoms with E-state index in [0.717, 1.165) is 33.2 Å². The number of carbonyl (C=O) groups is 1. The molecular weight excluding hydrogens is 413 g/mol. The van der Waals surface area contributed by atoms with Crippen molar-refractivity contribution in [1.82, 2.24) is 0 Å². The van der Waals surface area contributed by atoms with Crippen LogP contribution < -0.4 is 0 Å². The van der Waals surface area contributed by atoms with Gasteiger partial charge in [0.15, 0.2) is 12.9 Å². The fourth-order valence-electron chi connectivity index (χ4n) is 3.88. The van der Waals surface area contributed by atoms with E-state index < -0.39 is 7.55 Å². The van der Waals surface area contributed by atoms with E-state index in [1.165, 1.54) is 0 Å². The van der Waals surface area contributed by atoms with Crippen LogP contribution in [0, 0.1) is 11.3 Å². The molecule has 0 bridgehead atoms. The molecule has 0 saturated carbocycles. The molecule has 32 heavy (non-hydrogen) atoms. The number of hydrogen-bond acceptors (Lipinski definition) is 3. The number of benzene rings is 3. The molecule has 1 aliphatic rings. The standard InChI is InChI=1S/C28H23NO2P/c1-2-31-28(30)25(18-19-29)32-20-24(21-12-6-3-7-13-21)26(22-14-8-4-9-15-22)27(32)23-16-10-5-11-17-23/h3-17,20H,2,18H2,1H3/q+1. The Labute approximate surface area is 189 Å². The summed E-state index contributed by atoms with van der Waals surface area (Å²) in [5.74, 6) is 1.80. The van der Waals surface area contributed by atoms with Gasteiger partial charge >= 0.3 is 5.97 Å². The van der Waals surface area contributed by atoms with Crippen molar-refractivity contribution in [3.63, 3.8) is 0 Å². The van der Waals surface area contributed by atoms with Gasteiger partial charge in [-0.05, 0) is 18.1 Å². The second-order valence-corrected chi connectivity index (χ2v) is 9.22. The Hall–Kier alpha value is -3.73. The van der Waals surface area contributed by atoms with Crippen molar-refractivity contribution in [1.29, 1.82) is 5.26 Å². The molecule has 0 aromatic heterocycles. The summed E-state index contributed by atoms with van der Waals surface area (Å²) in [6.07, 6.45) is 0.0432. The lowest BCUT2D eigenvalue weighted by molar-refractivity contribution is -0.134. The minimum Gasteiger partial charge on any atom is -0.460 e. The Bertz CT molecular complexity index is 1250. The van der Waals surface area contributed by atoms with Crippen LogP contribution in [0.2, 0.25) is 0 Å². The van der Waals surface area contributed by atoms with Crippen molar-refractivity contribution in [2.45, 2.75) is 13.3 Å². The highest BCUT2D eigenvalue weighted by molar-refractivity contribution is 7.74. The molecular formula is C28H23NO2P+. The van der Waals surface area contributed by atoms with Gasteiger partial charge in [-0.3, -0.25) is 0 Å². The highest BCUT2D eigenvalue weighted by Crippen LogP contribution is 2.59. The van der Waals surface area contributed by atoms with E-state index >= 15 is 0 Å². The quantitative estimate of drug-likeness (QED) is 0.318. The van der Waals surface area contributed by atoms with Crippen molar-refractivity contribution >= 4 is 35.3 Å². The molecule has 1 atom stereocenters. The SMILES string of the molecule is CCOC(=O)C(CC#N)=[P+]1C=C(c2ccccc2)C(c2ccccc2)=C1c1ccccc1. The van der Waals surface area contributed by atoms with Gasteiger partial charge in [0.2, 0.25) is 5.29 Å². The molecule has 0 radical (unpaired) electrons. The highest BCUT2D eigenvalue weighted by atomic mass is 31.1. The van der Waals surface area contributed by atoms with Crippen molar-refractivity contribution in [2.75, 3.05) is 6.61 Å². The van der Waals surface area contributed by atoms with Crippen LogP contribution in [0.5, 0.6) is 0 Å². The lowest BCUT2D eigenvalue weighted by Crippen LogP contribution is -2.16. The maximum atomic E-state index is 12.9. The van der Waals surface area contributed by atoms with Crippen LogP contribution in [0.3, 0.4) is 0 Å². The summed E-state index contributed by atoms with van der Waals surface area (Å²) >= 11 is 0. The molecule has 0 amide bonds. The molecule has 0 N–H and O–H groups in total. The van der Waals surface area contributed by atoms with E-state index in [9.17, 15) is 10.1 Å². The third-order valence-corrected chi connectivity index (χ3v) is 7.65. The first-order valence-corrected chi connectivity index (χ1v) is 12.0. The first kappa shape index (κ1) is 21.5. The van der Waals surface area contributed by atoms with Gasteiger partial charge in [0.1, 0.15) is 12.2 Å². The monoisotopic (exact) mass is 436 g/mol. The predicted molar refractivity (Wildman–Crippen MR) is 133 cm³/mol. The summed E-state index contributed by atoms with van der Waals surface area (Å²) in [6, 6.07) is 32.8. The van der Waals surface area contributed by atoms with Crippen LogP contribution >= 0.6 is 7.55 Å². The minimum absolute atomic E-state index is 0.0432. The molecule has 1 heterocycles. The third-order valence-electron chi connectivity index (χ3n) is 5.25. The fourth-order valence-corrected chi connectivity index (χ4v) is 6.39. The van der Waals surface area contributed by atoms with E-state index in [1.54, 1.807) is 6.92 Å². The van der Waals surface area contributed by atoms with Crippen LogP contribution in [-0.4, -0.2) is 17.9 Å². The van der Waals surface area contributed by atoms with E-state index in [2.05, 4.69) is 48.3 Å². The van der Waals surface area contributed by atoms with Crippen LogP contribution in [-0.2, 0) is 9.53 Å². The van der Waals surface area contributed by atoms with Crippen molar-refractivity contribution in [2.24, 2.45) is 0 Å². The van der Waals surface area contributed by atoms with Gasteiger partial charge in [0.05, 0.1) is 12.7 Å². The molecule has 3 nitrogen and oxygen atoms in total. The molecule has 0 fully saturated rings. The number of carbonyl (C=O) groups excluding carboxylic acids is 1. The highest BCUT2D eigenvalue weighted by Gasteiger charge is 2.39. The van der Waals surface area contributed by atoms with Crippen LogP contribution in [0.25, 0.3) is 16.5 Å². The average molecular weight is 436 g/mol. The van der Waals surface area contributed by atoms with Crippen molar-refractivity contribution in [3.05, 3.63) is 114 Å². The second kappa shape index (κ2) is 10.1. The Morgan fingerprint density at radius 3 is 1.91 bits per heavy atom. The summed E-state index contributed by atoms with van der Waals surface area (Å²) < 4.78 is 5.37. The fraction of sp³-hybridized carbons (Fsp3) is 0.107. The lowest BCUT2D eigenvalue weighted by Gasteiger charge is -2.09. The number of rotatable bonds is 6. The molecule has 156 valence electrons. The molecule has 4 rings (SSSR count). The number of nitrogens with zero attached hydrogens (tertiary/aromatic N) is 1. The van der Waals surface area contributed by atoms with Crippen molar-refractivity contribution in [3.8, 4) is 6.07 Å². The summed E-state index contributed by atoms with van der Waals surface area (Å²) in [7, 11) is -1.19. The van der Waals surface area contributed by atoms with Gasteiger partial charge in [0.25, 0.3) is 0 Å². The van der Waals surface area contributed by atoms with Gasteiger partial charge < -0.3 is 4.74 Å². The number of allylic oxidation sites excluding steroid dienone is 2. The van der Waals surface area contributed by atoms with Gasteiger partial charge in [-0.1, -0.05) is 91.0 Å². The van der Waals surface area contributed by atoms with Crippen molar-refractivity contribution < 1.29 is 9.53 Å². The summed E-state index contributed by atoms with van der Waals surface area (Å²) in [4.78, 5) is 12.9.